The van der Waals surface area contributed by atoms with E-state index in [0.29, 0.717) is 37.0 Å². The van der Waals surface area contributed by atoms with E-state index in [1.807, 2.05) is 0 Å². The standard InChI is InChI=1S/C13H19ClN2O3/c1-18-8-9-19-7-3-2-5-16-13(17)11-4-6-15-10-12(11)14/h4,6,10H,2-3,5,7-9H2,1H3,(H,16,17). The summed E-state index contributed by atoms with van der Waals surface area (Å²) in [5, 5.41) is 3.17. The van der Waals surface area contributed by atoms with Crippen molar-refractivity contribution in [3.8, 4) is 0 Å². The third-order valence-corrected chi connectivity index (χ3v) is 2.75. The number of nitrogens with zero attached hydrogens (tertiary/aromatic N) is 1. The van der Waals surface area contributed by atoms with Gasteiger partial charge in [0.1, 0.15) is 0 Å². The number of aromatic nitrogens is 1. The zero-order valence-corrected chi connectivity index (χ0v) is 11.8. The van der Waals surface area contributed by atoms with E-state index in [0.717, 1.165) is 12.8 Å². The lowest BCUT2D eigenvalue weighted by molar-refractivity contribution is 0.0686. The first-order chi connectivity index (χ1) is 9.25. The van der Waals surface area contributed by atoms with Crippen LogP contribution < -0.4 is 5.32 Å². The molecule has 0 aliphatic rings. The maximum absolute atomic E-state index is 11.8. The van der Waals surface area contributed by atoms with E-state index in [9.17, 15) is 4.79 Å². The first-order valence-corrected chi connectivity index (χ1v) is 6.58. The van der Waals surface area contributed by atoms with Crippen LogP contribution in [0.2, 0.25) is 5.02 Å². The molecule has 1 rings (SSSR count). The maximum atomic E-state index is 11.8. The van der Waals surface area contributed by atoms with Gasteiger partial charge in [-0.05, 0) is 18.9 Å². The molecular weight excluding hydrogens is 268 g/mol. The molecule has 19 heavy (non-hydrogen) atoms. The van der Waals surface area contributed by atoms with Crippen molar-refractivity contribution in [1.82, 2.24) is 10.3 Å². The van der Waals surface area contributed by atoms with Crippen LogP contribution in [0.5, 0.6) is 0 Å². The minimum absolute atomic E-state index is 0.173. The number of amides is 1. The summed E-state index contributed by atoms with van der Waals surface area (Å²) in [6.45, 7) is 2.49. The Labute approximate surface area is 118 Å². The second-order valence-corrected chi connectivity index (χ2v) is 4.33. The van der Waals surface area contributed by atoms with Gasteiger partial charge in [-0.2, -0.15) is 0 Å². The number of hydrogen-bond acceptors (Lipinski definition) is 4. The van der Waals surface area contributed by atoms with Gasteiger partial charge in [0, 0.05) is 32.7 Å². The SMILES string of the molecule is COCCOCCCCNC(=O)c1ccncc1Cl. The van der Waals surface area contributed by atoms with Gasteiger partial charge in [0.15, 0.2) is 0 Å². The van der Waals surface area contributed by atoms with Crippen molar-refractivity contribution in [2.24, 2.45) is 0 Å². The Morgan fingerprint density at radius 1 is 1.37 bits per heavy atom. The van der Waals surface area contributed by atoms with Crippen LogP contribution in [-0.2, 0) is 9.47 Å². The minimum atomic E-state index is -0.173. The highest BCUT2D eigenvalue weighted by Gasteiger charge is 2.08. The topological polar surface area (TPSA) is 60.5 Å². The zero-order chi connectivity index (χ0) is 13.9. The van der Waals surface area contributed by atoms with Gasteiger partial charge in [-0.25, -0.2) is 0 Å². The smallest absolute Gasteiger partial charge is 0.252 e. The van der Waals surface area contributed by atoms with Crippen molar-refractivity contribution in [1.29, 1.82) is 0 Å². The van der Waals surface area contributed by atoms with Crippen molar-refractivity contribution in [2.75, 3.05) is 33.5 Å². The third kappa shape index (κ3) is 6.52. The summed E-state index contributed by atoms with van der Waals surface area (Å²) >= 11 is 5.87. The highest BCUT2D eigenvalue weighted by atomic mass is 35.5. The highest BCUT2D eigenvalue weighted by Crippen LogP contribution is 2.12. The second-order valence-electron chi connectivity index (χ2n) is 3.92. The maximum Gasteiger partial charge on any atom is 0.252 e. The summed E-state index contributed by atoms with van der Waals surface area (Å²) in [6.07, 6.45) is 4.76. The van der Waals surface area contributed by atoms with Gasteiger partial charge in [-0.1, -0.05) is 11.6 Å². The van der Waals surface area contributed by atoms with E-state index in [2.05, 4.69) is 10.3 Å². The van der Waals surface area contributed by atoms with Gasteiger partial charge in [-0.15, -0.1) is 0 Å². The second kappa shape index (κ2) is 9.72. The van der Waals surface area contributed by atoms with Crippen molar-refractivity contribution in [2.45, 2.75) is 12.8 Å². The van der Waals surface area contributed by atoms with Gasteiger partial charge >= 0.3 is 0 Å². The van der Waals surface area contributed by atoms with Crippen molar-refractivity contribution >= 4 is 17.5 Å². The number of hydrogen-bond donors (Lipinski definition) is 1. The average Bonchev–Trinajstić information content (AvgIpc) is 2.42. The number of carbonyl (C=O) groups excluding carboxylic acids is 1. The third-order valence-electron chi connectivity index (χ3n) is 2.45. The van der Waals surface area contributed by atoms with Crippen LogP contribution >= 0.6 is 11.6 Å². The van der Waals surface area contributed by atoms with E-state index in [4.69, 9.17) is 21.1 Å². The molecule has 1 aromatic rings. The Morgan fingerprint density at radius 3 is 2.95 bits per heavy atom. The molecule has 6 heteroatoms. The number of methoxy groups -OCH3 is 1. The van der Waals surface area contributed by atoms with E-state index < -0.39 is 0 Å². The Hall–Kier alpha value is -1.17. The molecule has 0 bridgehead atoms. The van der Waals surface area contributed by atoms with E-state index in [-0.39, 0.29) is 5.91 Å². The summed E-state index contributed by atoms with van der Waals surface area (Å²) < 4.78 is 10.2. The quantitative estimate of drug-likeness (QED) is 0.705. The molecule has 0 aliphatic heterocycles. The molecular formula is C13H19ClN2O3. The lowest BCUT2D eigenvalue weighted by atomic mass is 10.2. The molecule has 106 valence electrons. The van der Waals surface area contributed by atoms with Gasteiger partial charge in [0.25, 0.3) is 5.91 Å². The van der Waals surface area contributed by atoms with Crippen LogP contribution in [0, 0.1) is 0 Å². The fourth-order valence-electron chi connectivity index (χ4n) is 1.43. The van der Waals surface area contributed by atoms with Crippen molar-refractivity contribution in [3.63, 3.8) is 0 Å². The van der Waals surface area contributed by atoms with Crippen molar-refractivity contribution < 1.29 is 14.3 Å². The van der Waals surface area contributed by atoms with Gasteiger partial charge < -0.3 is 14.8 Å². The molecule has 0 aliphatic carbocycles. The first kappa shape index (κ1) is 15.9. The van der Waals surface area contributed by atoms with Gasteiger partial charge in [-0.3, -0.25) is 9.78 Å². The molecule has 1 heterocycles. The Balaban J connectivity index is 2.10. The molecule has 0 unspecified atom stereocenters. The van der Waals surface area contributed by atoms with Gasteiger partial charge in [0.05, 0.1) is 23.8 Å². The van der Waals surface area contributed by atoms with Crippen molar-refractivity contribution in [3.05, 3.63) is 29.0 Å². The highest BCUT2D eigenvalue weighted by molar-refractivity contribution is 6.33. The van der Waals surface area contributed by atoms with Crippen LogP contribution in [0.4, 0.5) is 0 Å². The molecule has 0 aromatic carbocycles. The summed E-state index contributed by atoms with van der Waals surface area (Å²) in [5.41, 5.74) is 0.452. The number of pyridine rings is 1. The number of unbranched alkanes of at least 4 members (excludes halogenated alkanes) is 1. The molecule has 0 saturated carbocycles. The molecule has 1 N–H and O–H groups in total. The Bertz CT molecular complexity index is 388. The molecule has 0 saturated heterocycles. The van der Waals surface area contributed by atoms with Crippen LogP contribution in [0.25, 0.3) is 0 Å². The summed E-state index contributed by atoms with van der Waals surface area (Å²) in [6, 6.07) is 1.60. The number of halogens is 1. The molecule has 0 atom stereocenters. The number of nitrogens with one attached hydrogen (secondary N) is 1. The van der Waals surface area contributed by atoms with E-state index in [1.165, 1.54) is 6.20 Å². The van der Waals surface area contributed by atoms with Crippen LogP contribution in [-0.4, -0.2) is 44.4 Å². The predicted octanol–water partition coefficient (Wildman–Crippen LogP) is 1.91. The largest absolute Gasteiger partial charge is 0.382 e. The molecule has 0 radical (unpaired) electrons. The number of ether oxygens (including phenoxy) is 2. The lowest BCUT2D eigenvalue weighted by Gasteiger charge is -2.06. The van der Waals surface area contributed by atoms with E-state index >= 15 is 0 Å². The van der Waals surface area contributed by atoms with Crippen LogP contribution in [0.3, 0.4) is 0 Å². The zero-order valence-electron chi connectivity index (χ0n) is 11.0. The first-order valence-electron chi connectivity index (χ1n) is 6.20. The fourth-order valence-corrected chi connectivity index (χ4v) is 1.64. The number of rotatable bonds is 9. The predicted molar refractivity (Wildman–Crippen MR) is 73.5 cm³/mol. The molecule has 1 amide bonds. The Morgan fingerprint density at radius 2 is 2.21 bits per heavy atom. The lowest BCUT2D eigenvalue weighted by Crippen LogP contribution is -2.25. The molecule has 0 fully saturated rings. The minimum Gasteiger partial charge on any atom is -0.382 e. The summed E-state index contributed by atoms with van der Waals surface area (Å²) in [4.78, 5) is 15.6. The molecule has 0 spiro atoms. The average molecular weight is 287 g/mol. The number of carbonyl (C=O) groups is 1. The summed E-state index contributed by atoms with van der Waals surface area (Å²) in [5.74, 6) is -0.173. The fraction of sp³-hybridized carbons (Fsp3) is 0.538. The molecule has 5 nitrogen and oxygen atoms in total. The monoisotopic (exact) mass is 286 g/mol. The summed E-state index contributed by atoms with van der Waals surface area (Å²) in [7, 11) is 1.64. The van der Waals surface area contributed by atoms with E-state index in [1.54, 1.807) is 19.4 Å². The molecule has 1 aromatic heterocycles. The Kier molecular flexibility index (Phi) is 8.13. The van der Waals surface area contributed by atoms with Crippen LogP contribution in [0.15, 0.2) is 18.5 Å². The normalized spacial score (nSPS) is 10.4. The van der Waals surface area contributed by atoms with Gasteiger partial charge in [0.2, 0.25) is 0 Å². The van der Waals surface area contributed by atoms with Crippen LogP contribution in [0.1, 0.15) is 23.2 Å².